The lowest BCUT2D eigenvalue weighted by Gasteiger charge is -2.26. The van der Waals surface area contributed by atoms with Crippen LogP contribution in [-0.2, 0) is 27.8 Å². The van der Waals surface area contributed by atoms with E-state index in [4.69, 9.17) is 0 Å². The first-order chi connectivity index (χ1) is 14.5. The molecule has 0 aliphatic rings. The summed E-state index contributed by atoms with van der Waals surface area (Å²) in [7, 11) is -2.28. The van der Waals surface area contributed by atoms with Crippen molar-refractivity contribution in [1.82, 2.24) is 9.21 Å². The lowest BCUT2D eigenvalue weighted by atomic mass is 10.1. The zero-order valence-electron chi connectivity index (χ0n) is 17.0. The smallest absolute Gasteiger partial charge is 0.243 e. The number of carbonyl (C=O) groups excluding carboxylic acids is 1. The summed E-state index contributed by atoms with van der Waals surface area (Å²) in [5.74, 6) is -0.225. The van der Waals surface area contributed by atoms with E-state index < -0.39 is 10.0 Å². The van der Waals surface area contributed by atoms with Crippen LogP contribution in [0.25, 0.3) is 0 Å². The van der Waals surface area contributed by atoms with E-state index in [0.29, 0.717) is 19.5 Å². The van der Waals surface area contributed by atoms with Crippen molar-refractivity contribution >= 4 is 15.9 Å². The zero-order valence-corrected chi connectivity index (χ0v) is 17.8. The molecule has 0 spiro atoms. The Kier molecular flexibility index (Phi) is 7.38. The first-order valence-electron chi connectivity index (χ1n) is 9.84. The predicted molar refractivity (Wildman–Crippen MR) is 118 cm³/mol. The summed E-state index contributed by atoms with van der Waals surface area (Å²) in [6.07, 6.45) is 0.703. The third-order valence-corrected chi connectivity index (χ3v) is 6.71. The second-order valence-corrected chi connectivity index (χ2v) is 9.16. The van der Waals surface area contributed by atoms with E-state index >= 15 is 0 Å². The Hall–Kier alpha value is -2.96. The fourth-order valence-electron chi connectivity index (χ4n) is 3.15. The number of benzene rings is 3. The van der Waals surface area contributed by atoms with Gasteiger partial charge in [-0.15, -0.1) is 0 Å². The van der Waals surface area contributed by atoms with Crippen LogP contribution in [0.5, 0.6) is 0 Å². The highest BCUT2D eigenvalue weighted by Gasteiger charge is 2.25. The summed E-state index contributed by atoms with van der Waals surface area (Å²) >= 11 is 0. The first-order valence-corrected chi connectivity index (χ1v) is 11.3. The molecule has 0 saturated heterocycles. The largest absolute Gasteiger partial charge is 0.337 e. The molecular formula is C24H26N2O3S. The molecule has 5 nitrogen and oxygen atoms in total. The minimum absolute atomic E-state index is 0.180. The molecule has 0 heterocycles. The molecule has 0 bridgehead atoms. The molecule has 3 rings (SSSR count). The number of nitrogens with zero attached hydrogens (tertiary/aromatic N) is 2. The Morgan fingerprint density at radius 2 is 1.27 bits per heavy atom. The van der Waals surface area contributed by atoms with Crippen LogP contribution < -0.4 is 0 Å². The summed E-state index contributed by atoms with van der Waals surface area (Å²) in [6, 6.07) is 27.8. The Bertz CT molecular complexity index is 1040. The Morgan fingerprint density at radius 3 is 1.83 bits per heavy atom. The molecule has 3 aromatic rings. The van der Waals surface area contributed by atoms with Gasteiger partial charge in [-0.25, -0.2) is 8.42 Å². The van der Waals surface area contributed by atoms with Gasteiger partial charge in [-0.3, -0.25) is 4.79 Å². The molecule has 1 amide bonds. The normalized spacial score (nSPS) is 11.4. The van der Waals surface area contributed by atoms with E-state index in [1.165, 1.54) is 19.2 Å². The molecule has 0 saturated carbocycles. The molecule has 0 aliphatic carbocycles. The molecule has 0 N–H and O–H groups in total. The minimum atomic E-state index is -3.72. The molecular weight excluding hydrogens is 396 g/mol. The Balaban J connectivity index is 1.73. The fourth-order valence-corrected chi connectivity index (χ4v) is 4.29. The maximum Gasteiger partial charge on any atom is 0.243 e. The summed E-state index contributed by atoms with van der Waals surface area (Å²) in [5, 5.41) is 0. The summed E-state index contributed by atoms with van der Waals surface area (Å²) in [6.45, 7) is 0.738. The monoisotopic (exact) mass is 422 g/mol. The summed E-state index contributed by atoms with van der Waals surface area (Å²) < 4.78 is 26.7. The predicted octanol–water partition coefficient (Wildman–Crippen LogP) is 3.58. The maximum atomic E-state index is 13.1. The molecule has 0 atom stereocenters. The lowest BCUT2D eigenvalue weighted by Crippen LogP contribution is -2.41. The first kappa shape index (κ1) is 21.7. The number of sulfonamides is 1. The molecule has 3 aromatic carbocycles. The van der Waals surface area contributed by atoms with Crippen molar-refractivity contribution < 1.29 is 13.2 Å². The van der Waals surface area contributed by atoms with E-state index in [2.05, 4.69) is 0 Å². The third-order valence-electron chi connectivity index (χ3n) is 4.89. The maximum absolute atomic E-state index is 13.1. The van der Waals surface area contributed by atoms with Crippen molar-refractivity contribution in [3.8, 4) is 0 Å². The standard InChI is InChI=1S/C24H26N2O3S/c1-25(30(28,29)23-15-9-4-10-16-23)20-24(27)26(19-22-13-7-3-8-14-22)18-17-21-11-5-2-6-12-21/h2-16H,17-20H2,1H3. The van der Waals surface area contributed by atoms with Crippen molar-refractivity contribution in [3.63, 3.8) is 0 Å². The van der Waals surface area contributed by atoms with E-state index in [9.17, 15) is 13.2 Å². The van der Waals surface area contributed by atoms with Crippen LogP contribution in [0, 0.1) is 0 Å². The summed E-state index contributed by atoms with van der Waals surface area (Å²) in [4.78, 5) is 15.0. The Morgan fingerprint density at radius 1 is 0.767 bits per heavy atom. The number of rotatable bonds is 9. The number of hydrogen-bond acceptors (Lipinski definition) is 3. The van der Waals surface area contributed by atoms with Crippen molar-refractivity contribution in [3.05, 3.63) is 102 Å². The number of amides is 1. The van der Waals surface area contributed by atoms with Gasteiger partial charge in [0, 0.05) is 20.1 Å². The SMILES string of the molecule is CN(CC(=O)N(CCc1ccccc1)Cc1ccccc1)S(=O)(=O)c1ccccc1. The third kappa shape index (κ3) is 5.78. The van der Waals surface area contributed by atoms with Gasteiger partial charge in [0.25, 0.3) is 0 Å². The highest BCUT2D eigenvalue weighted by atomic mass is 32.2. The summed E-state index contributed by atoms with van der Waals surface area (Å²) in [5.41, 5.74) is 2.14. The quantitative estimate of drug-likeness (QED) is 0.530. The number of likely N-dealkylation sites (N-methyl/N-ethyl adjacent to an activating group) is 1. The van der Waals surface area contributed by atoms with Gasteiger partial charge in [0.2, 0.25) is 15.9 Å². The number of hydrogen-bond donors (Lipinski definition) is 0. The van der Waals surface area contributed by atoms with Crippen LogP contribution in [0.2, 0.25) is 0 Å². The molecule has 0 fully saturated rings. The fraction of sp³-hybridized carbons (Fsp3) is 0.208. The van der Waals surface area contributed by atoms with E-state index in [1.54, 1.807) is 23.1 Å². The highest BCUT2D eigenvalue weighted by Crippen LogP contribution is 2.14. The van der Waals surface area contributed by atoms with Crippen LogP contribution in [0.1, 0.15) is 11.1 Å². The average Bonchev–Trinajstić information content (AvgIpc) is 2.78. The van der Waals surface area contributed by atoms with E-state index in [1.807, 2.05) is 60.7 Å². The van der Waals surface area contributed by atoms with Gasteiger partial charge in [-0.05, 0) is 29.7 Å². The molecule has 0 unspecified atom stereocenters. The second-order valence-electron chi connectivity index (χ2n) is 7.11. The number of carbonyl (C=O) groups is 1. The van der Waals surface area contributed by atoms with Crippen molar-refractivity contribution in [1.29, 1.82) is 0 Å². The van der Waals surface area contributed by atoms with Gasteiger partial charge in [0.15, 0.2) is 0 Å². The topological polar surface area (TPSA) is 57.7 Å². The van der Waals surface area contributed by atoms with Gasteiger partial charge in [0.1, 0.15) is 0 Å². The van der Waals surface area contributed by atoms with Crippen molar-refractivity contribution in [2.24, 2.45) is 0 Å². The van der Waals surface area contributed by atoms with E-state index in [0.717, 1.165) is 15.4 Å². The molecule has 0 aromatic heterocycles. The van der Waals surface area contributed by atoms with Gasteiger partial charge >= 0.3 is 0 Å². The van der Waals surface area contributed by atoms with Gasteiger partial charge in [-0.2, -0.15) is 4.31 Å². The average molecular weight is 423 g/mol. The molecule has 30 heavy (non-hydrogen) atoms. The van der Waals surface area contributed by atoms with Crippen LogP contribution in [0.3, 0.4) is 0 Å². The van der Waals surface area contributed by atoms with Crippen LogP contribution >= 0.6 is 0 Å². The van der Waals surface area contributed by atoms with Crippen LogP contribution in [0.4, 0.5) is 0 Å². The lowest BCUT2D eigenvalue weighted by molar-refractivity contribution is -0.131. The molecule has 156 valence electrons. The van der Waals surface area contributed by atoms with E-state index in [-0.39, 0.29) is 17.3 Å². The minimum Gasteiger partial charge on any atom is -0.337 e. The highest BCUT2D eigenvalue weighted by molar-refractivity contribution is 7.89. The molecule has 0 aliphatic heterocycles. The van der Waals surface area contributed by atoms with Gasteiger partial charge in [0.05, 0.1) is 11.4 Å². The molecule has 6 heteroatoms. The van der Waals surface area contributed by atoms with Crippen LogP contribution in [-0.4, -0.2) is 43.7 Å². The second kappa shape index (κ2) is 10.2. The van der Waals surface area contributed by atoms with Crippen LogP contribution in [0.15, 0.2) is 95.9 Å². The van der Waals surface area contributed by atoms with Gasteiger partial charge in [-0.1, -0.05) is 78.9 Å². The Labute approximate surface area is 178 Å². The van der Waals surface area contributed by atoms with Crippen molar-refractivity contribution in [2.45, 2.75) is 17.9 Å². The zero-order chi connectivity index (χ0) is 21.4. The van der Waals surface area contributed by atoms with Crippen molar-refractivity contribution in [2.75, 3.05) is 20.1 Å². The van der Waals surface area contributed by atoms with Gasteiger partial charge < -0.3 is 4.90 Å². The molecule has 0 radical (unpaired) electrons.